The Morgan fingerprint density at radius 1 is 1.25 bits per heavy atom. The van der Waals surface area contributed by atoms with Gasteiger partial charge >= 0.3 is 0 Å². The van der Waals surface area contributed by atoms with E-state index in [0.717, 1.165) is 31.4 Å². The molecule has 2 rings (SSSR count). The van der Waals surface area contributed by atoms with E-state index < -0.39 is 23.1 Å². The van der Waals surface area contributed by atoms with Gasteiger partial charge in [0.15, 0.2) is 0 Å². The Morgan fingerprint density at radius 2 is 1.85 bits per heavy atom. The van der Waals surface area contributed by atoms with Crippen LogP contribution in [0.3, 0.4) is 0 Å². The van der Waals surface area contributed by atoms with E-state index in [-0.39, 0.29) is 10.5 Å². The van der Waals surface area contributed by atoms with Crippen LogP contribution in [-0.4, -0.2) is 11.9 Å². The topological polar surface area (TPSA) is 29.1 Å². The van der Waals surface area contributed by atoms with E-state index >= 15 is 0 Å². The average Bonchev–Trinajstić information content (AvgIpc) is 2.33. The molecule has 0 bridgehead atoms. The number of amides is 1. The van der Waals surface area contributed by atoms with Gasteiger partial charge < -0.3 is 5.32 Å². The molecule has 3 unspecified atom stereocenters. The van der Waals surface area contributed by atoms with Crippen molar-refractivity contribution in [2.75, 3.05) is 0 Å². The second-order valence-corrected chi connectivity index (χ2v) is 6.51. The highest BCUT2D eigenvalue weighted by atomic mass is 79.9. The predicted octanol–water partition coefficient (Wildman–Crippen LogP) is 4.28. The minimum Gasteiger partial charge on any atom is -0.349 e. The molecule has 1 fully saturated rings. The second-order valence-electron chi connectivity index (χ2n) is 5.59. The molecule has 20 heavy (non-hydrogen) atoms. The zero-order valence-corrected chi connectivity index (χ0v) is 13.1. The maximum atomic E-state index is 13.8. The van der Waals surface area contributed by atoms with E-state index in [2.05, 4.69) is 35.1 Å². The van der Waals surface area contributed by atoms with Gasteiger partial charge in [0, 0.05) is 10.5 Å². The molecule has 0 spiro atoms. The van der Waals surface area contributed by atoms with E-state index in [0.29, 0.717) is 11.8 Å². The Kier molecular flexibility index (Phi) is 4.78. The van der Waals surface area contributed by atoms with Crippen molar-refractivity contribution >= 4 is 21.8 Å². The number of carbonyl (C=O) groups excluding carboxylic acids is 1. The first-order chi connectivity index (χ1) is 9.40. The lowest BCUT2D eigenvalue weighted by molar-refractivity contribution is 0.0882. The van der Waals surface area contributed by atoms with Crippen molar-refractivity contribution in [2.24, 2.45) is 11.8 Å². The third-order valence-electron chi connectivity index (χ3n) is 4.26. The van der Waals surface area contributed by atoms with Gasteiger partial charge in [0.25, 0.3) is 5.91 Å². The van der Waals surface area contributed by atoms with Gasteiger partial charge in [0.2, 0.25) is 0 Å². The summed E-state index contributed by atoms with van der Waals surface area (Å²) in [5.74, 6) is -1.53. The first-order valence-corrected chi connectivity index (χ1v) is 7.65. The Balaban J connectivity index is 2.16. The van der Waals surface area contributed by atoms with Crippen LogP contribution in [0, 0.1) is 23.5 Å². The quantitative estimate of drug-likeness (QED) is 0.851. The highest BCUT2D eigenvalue weighted by Gasteiger charge is 2.29. The molecule has 5 heteroatoms. The lowest BCUT2D eigenvalue weighted by Gasteiger charge is -2.34. The fourth-order valence-corrected chi connectivity index (χ4v) is 3.19. The van der Waals surface area contributed by atoms with Crippen molar-refractivity contribution in [2.45, 2.75) is 39.2 Å². The van der Waals surface area contributed by atoms with Crippen molar-refractivity contribution in [3.05, 3.63) is 33.8 Å². The number of hydrogen-bond donors (Lipinski definition) is 1. The second kappa shape index (κ2) is 6.20. The van der Waals surface area contributed by atoms with Crippen molar-refractivity contribution in [1.82, 2.24) is 5.32 Å². The van der Waals surface area contributed by atoms with E-state index in [4.69, 9.17) is 0 Å². The molecule has 0 aliphatic heterocycles. The van der Waals surface area contributed by atoms with Gasteiger partial charge in [0.1, 0.15) is 17.2 Å². The molecule has 2 nitrogen and oxygen atoms in total. The first kappa shape index (κ1) is 15.4. The minimum absolute atomic E-state index is 0.0197. The molecule has 1 aromatic rings. The number of nitrogens with one attached hydrogen (secondary N) is 1. The molecule has 1 aliphatic rings. The summed E-state index contributed by atoms with van der Waals surface area (Å²) in [5, 5.41) is 2.78. The third kappa shape index (κ3) is 3.19. The monoisotopic (exact) mass is 345 g/mol. The lowest BCUT2D eigenvalue weighted by atomic mass is 9.78. The zero-order valence-electron chi connectivity index (χ0n) is 11.6. The van der Waals surface area contributed by atoms with Gasteiger partial charge in [-0.25, -0.2) is 8.78 Å². The summed E-state index contributed by atoms with van der Waals surface area (Å²) in [6, 6.07) is 2.18. The maximum Gasteiger partial charge on any atom is 0.257 e. The molecule has 1 aromatic carbocycles. The fraction of sp³-hybridized carbons (Fsp3) is 0.533. The number of hydrogen-bond acceptors (Lipinski definition) is 1. The normalized spacial score (nSPS) is 26.4. The molecule has 1 amide bonds. The Morgan fingerprint density at radius 3 is 2.45 bits per heavy atom. The van der Waals surface area contributed by atoms with Crippen molar-refractivity contribution in [1.29, 1.82) is 0 Å². The van der Waals surface area contributed by atoms with E-state index in [9.17, 15) is 13.6 Å². The zero-order chi connectivity index (χ0) is 14.9. The van der Waals surface area contributed by atoms with Crippen LogP contribution in [0.25, 0.3) is 0 Å². The summed E-state index contributed by atoms with van der Waals surface area (Å²) in [5.41, 5.74) is -0.501. The van der Waals surface area contributed by atoms with Gasteiger partial charge in [0.05, 0.1) is 0 Å². The highest BCUT2D eigenvalue weighted by molar-refractivity contribution is 9.10. The van der Waals surface area contributed by atoms with Crippen molar-refractivity contribution in [3.63, 3.8) is 0 Å². The van der Waals surface area contributed by atoms with Crippen LogP contribution >= 0.6 is 15.9 Å². The Labute approximate surface area is 126 Å². The molecule has 110 valence electrons. The molecule has 0 radical (unpaired) electrons. The SMILES string of the molecule is CC1CCCC(NC(=O)c2c(F)cc(Br)cc2F)C1C. The van der Waals surface area contributed by atoms with Gasteiger partial charge in [-0.3, -0.25) is 4.79 Å². The largest absolute Gasteiger partial charge is 0.349 e. The third-order valence-corrected chi connectivity index (χ3v) is 4.72. The minimum atomic E-state index is -0.842. The van der Waals surface area contributed by atoms with Gasteiger partial charge in [-0.2, -0.15) is 0 Å². The lowest BCUT2D eigenvalue weighted by Crippen LogP contribution is -2.44. The summed E-state index contributed by atoms with van der Waals surface area (Å²) in [6.07, 6.45) is 3.02. The van der Waals surface area contributed by atoms with Crippen LogP contribution < -0.4 is 5.32 Å². The Bertz CT molecular complexity index is 498. The predicted molar refractivity (Wildman–Crippen MR) is 77.5 cm³/mol. The van der Waals surface area contributed by atoms with Crippen LogP contribution in [0.2, 0.25) is 0 Å². The first-order valence-electron chi connectivity index (χ1n) is 6.85. The molecule has 1 aliphatic carbocycles. The molecule has 0 saturated heterocycles. The summed E-state index contributed by atoms with van der Waals surface area (Å²) in [7, 11) is 0. The molecule has 0 aromatic heterocycles. The Hall–Kier alpha value is -0.970. The summed E-state index contributed by atoms with van der Waals surface area (Å²) in [4.78, 5) is 12.1. The molecule has 3 atom stereocenters. The fourth-order valence-electron chi connectivity index (χ4n) is 2.79. The molecule has 1 N–H and O–H groups in total. The van der Waals surface area contributed by atoms with Crippen molar-refractivity contribution < 1.29 is 13.6 Å². The average molecular weight is 346 g/mol. The molecule has 0 heterocycles. The van der Waals surface area contributed by atoms with Crippen molar-refractivity contribution in [3.8, 4) is 0 Å². The van der Waals surface area contributed by atoms with Crippen LogP contribution in [0.4, 0.5) is 8.78 Å². The summed E-state index contributed by atoms with van der Waals surface area (Å²) in [6.45, 7) is 4.22. The van der Waals surface area contributed by atoms with E-state index in [1.165, 1.54) is 0 Å². The molecular weight excluding hydrogens is 328 g/mol. The highest BCUT2D eigenvalue weighted by Crippen LogP contribution is 2.30. The van der Waals surface area contributed by atoms with Crippen LogP contribution in [0.1, 0.15) is 43.5 Å². The number of rotatable bonds is 2. The number of carbonyl (C=O) groups is 1. The van der Waals surface area contributed by atoms with Crippen LogP contribution in [0.15, 0.2) is 16.6 Å². The van der Waals surface area contributed by atoms with Crippen LogP contribution in [-0.2, 0) is 0 Å². The summed E-state index contributed by atoms with van der Waals surface area (Å²) < 4.78 is 27.8. The smallest absolute Gasteiger partial charge is 0.257 e. The molecular formula is C15H18BrF2NO. The number of benzene rings is 1. The maximum absolute atomic E-state index is 13.8. The van der Waals surface area contributed by atoms with Gasteiger partial charge in [-0.15, -0.1) is 0 Å². The molecule has 1 saturated carbocycles. The number of halogens is 3. The van der Waals surface area contributed by atoms with Gasteiger partial charge in [-0.05, 0) is 30.4 Å². The standard InChI is InChI=1S/C15H18BrF2NO/c1-8-4-3-5-13(9(8)2)19-15(20)14-11(17)6-10(16)7-12(14)18/h6-9,13H,3-5H2,1-2H3,(H,19,20). The van der Waals surface area contributed by atoms with Gasteiger partial charge in [-0.1, -0.05) is 42.6 Å². The van der Waals surface area contributed by atoms with Crippen LogP contribution in [0.5, 0.6) is 0 Å². The van der Waals surface area contributed by atoms with E-state index in [1.54, 1.807) is 0 Å². The van der Waals surface area contributed by atoms with E-state index in [1.807, 2.05) is 0 Å². The summed E-state index contributed by atoms with van der Waals surface area (Å²) >= 11 is 3.00.